The molecule has 0 atom stereocenters. The number of hydrogen-bond acceptors (Lipinski definition) is 5. The summed E-state index contributed by atoms with van der Waals surface area (Å²) in [6, 6.07) is 13.6. The summed E-state index contributed by atoms with van der Waals surface area (Å²) in [5.74, 6) is -1.41. The maximum absolute atomic E-state index is 12.5. The van der Waals surface area contributed by atoms with Crippen LogP contribution in [0.2, 0.25) is 0 Å². The highest BCUT2D eigenvalue weighted by Gasteiger charge is 2.28. The Kier molecular flexibility index (Phi) is 7.52. The molecule has 0 aliphatic carbocycles. The second-order valence-electron chi connectivity index (χ2n) is 6.65. The van der Waals surface area contributed by atoms with Crippen LogP contribution in [-0.4, -0.2) is 45.1 Å². The van der Waals surface area contributed by atoms with Gasteiger partial charge in [0.2, 0.25) is 5.91 Å². The number of alkyl halides is 3. The SMILES string of the molecule is CCc1ccccc1-n1cnnc1SCC(=O)Nc1ccccc1C(=O)NCC(F)(F)F. The average molecular weight is 463 g/mol. The third kappa shape index (κ3) is 6.10. The van der Waals surface area contributed by atoms with Crippen molar-refractivity contribution in [2.75, 3.05) is 17.6 Å². The molecule has 3 aromatic rings. The average Bonchev–Trinajstić information content (AvgIpc) is 3.24. The molecule has 0 fully saturated rings. The molecule has 0 saturated heterocycles. The molecule has 7 nitrogen and oxygen atoms in total. The van der Waals surface area contributed by atoms with Crippen molar-refractivity contribution in [2.24, 2.45) is 0 Å². The summed E-state index contributed by atoms with van der Waals surface area (Å²) in [4.78, 5) is 24.6. The number of thioether (sulfide) groups is 1. The minimum Gasteiger partial charge on any atom is -0.343 e. The lowest BCUT2D eigenvalue weighted by Gasteiger charge is -2.13. The Morgan fingerprint density at radius 2 is 1.81 bits per heavy atom. The number of amides is 2. The molecule has 0 bridgehead atoms. The number of aryl methyl sites for hydroxylation is 1. The highest BCUT2D eigenvalue weighted by Crippen LogP contribution is 2.23. The molecule has 2 N–H and O–H groups in total. The fraction of sp³-hybridized carbons (Fsp3) is 0.238. The van der Waals surface area contributed by atoms with Crippen LogP contribution in [0.3, 0.4) is 0 Å². The van der Waals surface area contributed by atoms with E-state index in [9.17, 15) is 22.8 Å². The molecule has 168 valence electrons. The Morgan fingerprint density at radius 1 is 1.09 bits per heavy atom. The molecule has 2 amide bonds. The molecule has 11 heteroatoms. The zero-order valence-electron chi connectivity index (χ0n) is 17.0. The summed E-state index contributed by atoms with van der Waals surface area (Å²) >= 11 is 1.15. The van der Waals surface area contributed by atoms with Crippen molar-refractivity contribution < 1.29 is 22.8 Å². The third-order valence-electron chi connectivity index (χ3n) is 4.38. The highest BCUT2D eigenvalue weighted by atomic mass is 32.2. The van der Waals surface area contributed by atoms with Gasteiger partial charge in [0.15, 0.2) is 5.16 Å². The van der Waals surface area contributed by atoms with Crippen molar-refractivity contribution in [2.45, 2.75) is 24.7 Å². The van der Waals surface area contributed by atoms with Gasteiger partial charge in [0, 0.05) is 0 Å². The second kappa shape index (κ2) is 10.3. The molecule has 32 heavy (non-hydrogen) atoms. The first-order valence-electron chi connectivity index (χ1n) is 9.63. The molecular formula is C21H20F3N5O2S. The van der Waals surface area contributed by atoms with Gasteiger partial charge in [0.25, 0.3) is 5.91 Å². The Morgan fingerprint density at radius 3 is 2.56 bits per heavy atom. The first kappa shape index (κ1) is 23.3. The van der Waals surface area contributed by atoms with E-state index in [0.717, 1.165) is 29.4 Å². The lowest BCUT2D eigenvalue weighted by Crippen LogP contribution is -2.34. The first-order chi connectivity index (χ1) is 15.3. The largest absolute Gasteiger partial charge is 0.405 e. The number of carbonyl (C=O) groups excluding carboxylic acids is 2. The van der Waals surface area contributed by atoms with Gasteiger partial charge in [-0.25, -0.2) is 0 Å². The summed E-state index contributed by atoms with van der Waals surface area (Å²) in [6.07, 6.45) is -2.15. The van der Waals surface area contributed by atoms with Crippen LogP contribution in [0.1, 0.15) is 22.8 Å². The van der Waals surface area contributed by atoms with Gasteiger partial charge in [-0.05, 0) is 30.2 Å². The predicted molar refractivity (Wildman–Crippen MR) is 115 cm³/mol. The summed E-state index contributed by atoms with van der Waals surface area (Å²) in [5.41, 5.74) is 2.07. The van der Waals surface area contributed by atoms with Gasteiger partial charge < -0.3 is 10.6 Å². The molecule has 3 rings (SSSR count). The number of anilines is 1. The zero-order valence-corrected chi connectivity index (χ0v) is 17.8. The fourth-order valence-corrected chi connectivity index (χ4v) is 3.64. The van der Waals surface area contributed by atoms with E-state index in [2.05, 4.69) is 15.5 Å². The maximum atomic E-state index is 12.5. The van der Waals surface area contributed by atoms with E-state index in [0.29, 0.717) is 5.16 Å². The zero-order chi connectivity index (χ0) is 23.1. The smallest absolute Gasteiger partial charge is 0.343 e. The molecule has 0 spiro atoms. The number of nitrogens with zero attached hydrogens (tertiary/aromatic N) is 3. The number of hydrogen-bond donors (Lipinski definition) is 2. The van der Waals surface area contributed by atoms with Crippen LogP contribution in [0, 0.1) is 0 Å². The van der Waals surface area contributed by atoms with E-state index in [1.807, 2.05) is 31.2 Å². The summed E-state index contributed by atoms with van der Waals surface area (Å²) in [5, 5.41) is 12.9. The number of para-hydroxylation sites is 2. The van der Waals surface area contributed by atoms with E-state index in [1.165, 1.54) is 18.2 Å². The standard InChI is InChI=1S/C21H20F3N5O2S/c1-2-14-7-3-6-10-17(14)29-13-26-28-20(29)32-11-18(30)27-16-9-5-4-8-15(16)19(31)25-12-21(22,23)24/h3-10,13H,2,11-12H2,1H3,(H,25,31)(H,27,30). The molecule has 0 saturated carbocycles. The van der Waals surface area contributed by atoms with Crippen LogP contribution in [0.4, 0.5) is 18.9 Å². The van der Waals surface area contributed by atoms with Crippen molar-refractivity contribution in [1.82, 2.24) is 20.1 Å². The van der Waals surface area contributed by atoms with Gasteiger partial charge in [0.1, 0.15) is 12.9 Å². The molecule has 0 aliphatic rings. The number of halogens is 3. The monoisotopic (exact) mass is 463 g/mol. The van der Waals surface area contributed by atoms with Gasteiger partial charge in [-0.2, -0.15) is 13.2 Å². The Balaban J connectivity index is 1.66. The van der Waals surface area contributed by atoms with E-state index in [4.69, 9.17) is 0 Å². The van der Waals surface area contributed by atoms with Gasteiger partial charge in [0.05, 0.1) is 22.7 Å². The van der Waals surface area contributed by atoms with Gasteiger partial charge >= 0.3 is 6.18 Å². The van der Waals surface area contributed by atoms with Crippen molar-refractivity contribution in [3.05, 3.63) is 66.0 Å². The minimum atomic E-state index is -4.53. The molecule has 0 radical (unpaired) electrons. The Labute approximate surface area is 186 Å². The third-order valence-corrected chi connectivity index (χ3v) is 5.32. The number of aromatic nitrogens is 3. The highest BCUT2D eigenvalue weighted by molar-refractivity contribution is 7.99. The summed E-state index contributed by atoms with van der Waals surface area (Å²) in [7, 11) is 0. The molecule has 1 heterocycles. The van der Waals surface area contributed by atoms with Crippen LogP contribution in [0.5, 0.6) is 0 Å². The molecular weight excluding hydrogens is 443 g/mol. The first-order valence-corrected chi connectivity index (χ1v) is 10.6. The normalized spacial score (nSPS) is 11.2. The van der Waals surface area contributed by atoms with Gasteiger partial charge in [-0.15, -0.1) is 10.2 Å². The molecule has 2 aromatic carbocycles. The maximum Gasteiger partial charge on any atom is 0.405 e. The number of rotatable bonds is 8. The van der Waals surface area contributed by atoms with Crippen LogP contribution in [-0.2, 0) is 11.2 Å². The lowest BCUT2D eigenvalue weighted by atomic mass is 10.1. The topological polar surface area (TPSA) is 88.9 Å². The summed E-state index contributed by atoms with van der Waals surface area (Å²) in [6.45, 7) is 0.574. The molecule has 1 aromatic heterocycles. The minimum absolute atomic E-state index is 0.0362. The predicted octanol–water partition coefficient (Wildman–Crippen LogP) is 3.85. The van der Waals surface area contributed by atoms with Gasteiger partial charge in [-0.1, -0.05) is 49.0 Å². The number of benzene rings is 2. The van der Waals surface area contributed by atoms with Crippen molar-refractivity contribution in [3.8, 4) is 5.69 Å². The second-order valence-corrected chi connectivity index (χ2v) is 7.59. The lowest BCUT2D eigenvalue weighted by molar-refractivity contribution is -0.123. The fourth-order valence-electron chi connectivity index (χ4n) is 2.92. The Hall–Kier alpha value is -3.34. The van der Waals surface area contributed by atoms with E-state index < -0.39 is 24.5 Å². The van der Waals surface area contributed by atoms with E-state index in [1.54, 1.807) is 22.3 Å². The van der Waals surface area contributed by atoms with Crippen LogP contribution in [0.25, 0.3) is 5.69 Å². The number of nitrogens with one attached hydrogen (secondary N) is 2. The van der Waals surface area contributed by atoms with Crippen LogP contribution >= 0.6 is 11.8 Å². The van der Waals surface area contributed by atoms with E-state index in [-0.39, 0.29) is 17.0 Å². The van der Waals surface area contributed by atoms with E-state index >= 15 is 0 Å². The van der Waals surface area contributed by atoms with Crippen molar-refractivity contribution in [3.63, 3.8) is 0 Å². The molecule has 0 unspecified atom stereocenters. The quantitative estimate of drug-likeness (QED) is 0.496. The summed E-state index contributed by atoms with van der Waals surface area (Å²) < 4.78 is 38.9. The number of carbonyl (C=O) groups is 2. The van der Waals surface area contributed by atoms with Crippen LogP contribution in [0.15, 0.2) is 60.0 Å². The Bertz CT molecular complexity index is 1100. The van der Waals surface area contributed by atoms with Crippen LogP contribution < -0.4 is 10.6 Å². The molecule has 0 aliphatic heterocycles. The van der Waals surface area contributed by atoms with Crippen molar-refractivity contribution in [1.29, 1.82) is 0 Å². The van der Waals surface area contributed by atoms with Crippen molar-refractivity contribution >= 4 is 29.3 Å². The van der Waals surface area contributed by atoms with Gasteiger partial charge in [-0.3, -0.25) is 14.2 Å².